The van der Waals surface area contributed by atoms with Crippen molar-refractivity contribution < 1.29 is 14.3 Å². The van der Waals surface area contributed by atoms with E-state index in [9.17, 15) is 9.59 Å². The Morgan fingerprint density at radius 3 is 1.48 bits per heavy atom. The fourth-order valence-electron chi connectivity index (χ4n) is 2.02. The summed E-state index contributed by atoms with van der Waals surface area (Å²) in [5.74, 6) is -1.42. The van der Waals surface area contributed by atoms with Crippen molar-refractivity contribution in [3.8, 4) is 0 Å². The molecule has 7 heteroatoms. The van der Waals surface area contributed by atoms with Crippen molar-refractivity contribution in [2.45, 2.75) is 11.0 Å². The second kappa shape index (κ2) is 10.2. The number of carbonyl (C=O) groups excluding carboxylic acids is 2. The average molecular weight is 381 g/mol. The van der Waals surface area contributed by atoms with Gasteiger partial charge >= 0.3 is 11.9 Å². The van der Waals surface area contributed by atoms with Crippen LogP contribution in [0.4, 0.5) is 0 Å². The lowest BCUT2D eigenvalue weighted by molar-refractivity contribution is -0.158. The molecule has 0 aliphatic heterocycles. The summed E-state index contributed by atoms with van der Waals surface area (Å²) in [6, 6.07) is 18.4. The Bertz CT molecular complexity index is 624. The Labute approximate surface area is 156 Å². The van der Waals surface area contributed by atoms with E-state index in [1.165, 1.54) is 0 Å². The van der Waals surface area contributed by atoms with Gasteiger partial charge in [0.2, 0.25) is 0 Å². The zero-order chi connectivity index (χ0) is 18.1. The molecule has 2 rings (SSSR count). The molecule has 0 saturated carbocycles. The summed E-state index contributed by atoms with van der Waals surface area (Å²) in [6.45, 7) is -0.365. The molecule has 0 aromatic heterocycles. The number of alkyl halides is 2. The maximum Gasteiger partial charge on any atom is 0.327 e. The molecule has 2 atom stereocenters. The van der Waals surface area contributed by atoms with Gasteiger partial charge in [0, 0.05) is 0 Å². The number of halogens is 2. The molecule has 2 aromatic rings. The van der Waals surface area contributed by atoms with E-state index in [1.807, 2.05) is 60.7 Å². The topological polar surface area (TPSA) is 67.4 Å². The molecule has 0 spiro atoms. The molecule has 0 radical (unpaired) electrons. The highest BCUT2D eigenvalue weighted by molar-refractivity contribution is 6.21. The normalized spacial score (nSPS) is 13.0. The van der Waals surface area contributed by atoms with Gasteiger partial charge in [-0.1, -0.05) is 60.7 Å². The van der Waals surface area contributed by atoms with Gasteiger partial charge in [-0.3, -0.25) is 20.2 Å². The molecule has 0 saturated heterocycles. The summed E-state index contributed by atoms with van der Waals surface area (Å²) in [5.41, 5.74) is 0.537. The van der Waals surface area contributed by atoms with E-state index >= 15 is 0 Å². The smallest absolute Gasteiger partial charge is 0.327 e. The second-order valence-corrected chi connectivity index (χ2v) is 6.03. The van der Waals surface area contributed by atoms with Crippen molar-refractivity contribution in [2.75, 3.05) is 13.1 Å². The minimum absolute atomic E-state index is 0.183. The van der Waals surface area contributed by atoms with E-state index in [0.29, 0.717) is 0 Å². The maximum atomic E-state index is 11.7. The van der Waals surface area contributed by atoms with E-state index in [1.54, 1.807) is 0 Å². The summed E-state index contributed by atoms with van der Waals surface area (Å²) in [6.07, 6.45) is 0. The van der Waals surface area contributed by atoms with Gasteiger partial charge < -0.3 is 4.74 Å². The van der Waals surface area contributed by atoms with Crippen LogP contribution < -0.4 is 10.6 Å². The predicted molar refractivity (Wildman–Crippen MR) is 97.2 cm³/mol. The van der Waals surface area contributed by atoms with Gasteiger partial charge in [0.05, 0.1) is 13.1 Å². The summed E-state index contributed by atoms with van der Waals surface area (Å²) < 4.78 is 4.70. The van der Waals surface area contributed by atoms with Crippen LogP contribution in [-0.2, 0) is 14.3 Å². The molecule has 2 N–H and O–H groups in total. The number of esters is 2. The van der Waals surface area contributed by atoms with Crippen LogP contribution in [0.5, 0.6) is 0 Å². The molecule has 25 heavy (non-hydrogen) atoms. The number of hydrogen-bond acceptors (Lipinski definition) is 5. The van der Waals surface area contributed by atoms with Crippen LogP contribution in [0.1, 0.15) is 22.1 Å². The highest BCUT2D eigenvalue weighted by Crippen LogP contribution is 2.16. The van der Waals surface area contributed by atoms with E-state index in [4.69, 9.17) is 27.9 Å². The summed E-state index contributed by atoms with van der Waals surface area (Å²) in [7, 11) is 0. The molecule has 0 aliphatic rings. The molecule has 5 nitrogen and oxygen atoms in total. The molecule has 2 unspecified atom stereocenters. The van der Waals surface area contributed by atoms with Crippen molar-refractivity contribution in [1.29, 1.82) is 0 Å². The zero-order valence-corrected chi connectivity index (χ0v) is 14.8. The molecular formula is C18H18Cl2N2O3. The molecule has 0 amide bonds. The molecule has 2 aromatic carbocycles. The highest BCUT2D eigenvalue weighted by atomic mass is 35.5. The largest absolute Gasteiger partial charge is 0.391 e. The minimum atomic E-state index is -0.709. The minimum Gasteiger partial charge on any atom is -0.391 e. The van der Waals surface area contributed by atoms with E-state index in [-0.39, 0.29) is 13.1 Å². The lowest BCUT2D eigenvalue weighted by Crippen LogP contribution is -2.32. The van der Waals surface area contributed by atoms with Gasteiger partial charge in [-0.2, -0.15) is 0 Å². The number of benzene rings is 2. The van der Waals surface area contributed by atoms with Crippen molar-refractivity contribution in [1.82, 2.24) is 10.6 Å². The van der Waals surface area contributed by atoms with Crippen molar-refractivity contribution in [3.63, 3.8) is 0 Å². The molecule has 0 fully saturated rings. The third kappa shape index (κ3) is 6.84. The van der Waals surface area contributed by atoms with Crippen molar-refractivity contribution in [2.24, 2.45) is 0 Å². The van der Waals surface area contributed by atoms with Gasteiger partial charge in [-0.05, 0) is 11.1 Å². The van der Waals surface area contributed by atoms with Crippen molar-refractivity contribution >= 4 is 35.1 Å². The lowest BCUT2D eigenvalue weighted by Gasteiger charge is -2.13. The Kier molecular flexibility index (Phi) is 7.88. The van der Waals surface area contributed by atoms with Crippen LogP contribution in [0.15, 0.2) is 60.7 Å². The van der Waals surface area contributed by atoms with Gasteiger partial charge in [0.1, 0.15) is 11.0 Å². The van der Waals surface area contributed by atoms with Crippen LogP contribution in [0.3, 0.4) is 0 Å². The Morgan fingerprint density at radius 1 is 0.760 bits per heavy atom. The first-order valence-corrected chi connectivity index (χ1v) is 8.52. The first-order chi connectivity index (χ1) is 12.1. The van der Waals surface area contributed by atoms with E-state index < -0.39 is 22.9 Å². The van der Waals surface area contributed by atoms with Gasteiger partial charge in [-0.15, -0.1) is 23.2 Å². The van der Waals surface area contributed by atoms with Crippen LogP contribution >= 0.6 is 23.2 Å². The number of nitrogens with one attached hydrogen (secondary N) is 2. The predicted octanol–water partition coefficient (Wildman–Crippen LogP) is 3.11. The SMILES string of the molecule is O=C(CNC(Cl)c1ccccc1)OC(=O)CNC(Cl)c1ccccc1. The lowest BCUT2D eigenvalue weighted by atomic mass is 10.2. The van der Waals surface area contributed by atoms with Crippen LogP contribution in [0.25, 0.3) is 0 Å². The van der Waals surface area contributed by atoms with Crippen LogP contribution in [0.2, 0.25) is 0 Å². The molecule has 132 valence electrons. The monoisotopic (exact) mass is 380 g/mol. The molecule has 0 heterocycles. The Morgan fingerprint density at radius 2 is 1.12 bits per heavy atom. The maximum absolute atomic E-state index is 11.7. The molecular weight excluding hydrogens is 363 g/mol. The fourth-order valence-corrected chi connectivity index (χ4v) is 2.47. The van der Waals surface area contributed by atoms with E-state index in [0.717, 1.165) is 11.1 Å². The Balaban J connectivity index is 1.69. The van der Waals surface area contributed by atoms with Crippen LogP contribution in [-0.4, -0.2) is 25.0 Å². The van der Waals surface area contributed by atoms with E-state index in [2.05, 4.69) is 10.6 Å². The quantitative estimate of drug-likeness (QED) is 0.318. The number of hydrogen-bond donors (Lipinski definition) is 2. The third-order valence-electron chi connectivity index (χ3n) is 3.26. The fraction of sp³-hybridized carbons (Fsp3) is 0.222. The van der Waals surface area contributed by atoms with Crippen LogP contribution in [0, 0.1) is 0 Å². The summed E-state index contributed by atoms with van der Waals surface area (Å²) in [5, 5.41) is 5.57. The first kappa shape index (κ1) is 19.4. The summed E-state index contributed by atoms with van der Waals surface area (Å²) >= 11 is 12.2. The second-order valence-electron chi connectivity index (χ2n) is 5.15. The summed E-state index contributed by atoms with van der Waals surface area (Å²) in [4.78, 5) is 23.4. The number of rotatable bonds is 8. The highest BCUT2D eigenvalue weighted by Gasteiger charge is 2.15. The van der Waals surface area contributed by atoms with Gasteiger partial charge in [0.25, 0.3) is 0 Å². The molecule has 0 bridgehead atoms. The number of carbonyl (C=O) groups is 2. The standard InChI is InChI=1S/C18H18Cl2N2O3/c19-17(13-7-3-1-4-8-13)21-11-15(23)25-16(24)12-22-18(20)14-9-5-2-6-10-14/h1-10,17-18,21-22H,11-12H2. The van der Waals surface area contributed by atoms with Gasteiger partial charge in [-0.25, -0.2) is 0 Å². The first-order valence-electron chi connectivity index (χ1n) is 7.64. The van der Waals surface area contributed by atoms with Gasteiger partial charge in [0.15, 0.2) is 0 Å². The molecule has 0 aliphatic carbocycles. The number of ether oxygens (including phenoxy) is 1. The van der Waals surface area contributed by atoms with Crippen molar-refractivity contribution in [3.05, 3.63) is 71.8 Å². The average Bonchev–Trinajstić information content (AvgIpc) is 2.65. The third-order valence-corrected chi connectivity index (χ3v) is 4.08. The zero-order valence-electron chi connectivity index (χ0n) is 13.3. The Hall–Kier alpha value is -1.92.